The van der Waals surface area contributed by atoms with Crippen LogP contribution in [0.15, 0.2) is 6.07 Å². The molecule has 0 bridgehead atoms. The van der Waals surface area contributed by atoms with Crippen molar-refractivity contribution < 1.29 is 4.79 Å². The lowest BCUT2D eigenvalue weighted by molar-refractivity contribution is -0.120. The number of nitrogens with zero attached hydrogens (tertiary/aromatic N) is 3. The van der Waals surface area contributed by atoms with Crippen LogP contribution in [0.1, 0.15) is 45.0 Å². The largest absolute Gasteiger partial charge is 0.350 e. The van der Waals surface area contributed by atoms with Crippen molar-refractivity contribution in [1.29, 1.82) is 0 Å². The van der Waals surface area contributed by atoms with Crippen molar-refractivity contribution in [3.63, 3.8) is 0 Å². The molecule has 0 saturated heterocycles. The van der Waals surface area contributed by atoms with Gasteiger partial charge in [-0.15, -0.1) is 0 Å². The lowest BCUT2D eigenvalue weighted by atomic mass is 10.2. The fourth-order valence-electron chi connectivity index (χ4n) is 2.93. The van der Waals surface area contributed by atoms with Crippen LogP contribution in [0.2, 0.25) is 0 Å². The summed E-state index contributed by atoms with van der Waals surface area (Å²) in [6.07, 6.45) is 1.73. The Labute approximate surface area is 144 Å². The minimum Gasteiger partial charge on any atom is -0.350 e. The topological polar surface area (TPSA) is 50.2 Å². The molecular weight excluding hydrogens is 308 g/mol. The molecule has 1 aromatic rings. The van der Waals surface area contributed by atoms with Gasteiger partial charge in [-0.1, -0.05) is 20.8 Å². The molecule has 23 heavy (non-hydrogen) atoms. The number of thioether (sulfide) groups is 1. The number of amides is 1. The van der Waals surface area contributed by atoms with Gasteiger partial charge in [-0.3, -0.25) is 14.4 Å². The van der Waals surface area contributed by atoms with Gasteiger partial charge in [0.25, 0.3) is 0 Å². The Kier molecular flexibility index (Phi) is 7.43. The highest BCUT2D eigenvalue weighted by molar-refractivity contribution is 7.99. The number of carbonyl (C=O) groups excluding carboxylic acids is 1. The van der Waals surface area contributed by atoms with E-state index in [0.29, 0.717) is 18.9 Å². The van der Waals surface area contributed by atoms with Crippen LogP contribution >= 0.6 is 11.8 Å². The molecule has 0 aliphatic carbocycles. The zero-order chi connectivity index (χ0) is 16.7. The summed E-state index contributed by atoms with van der Waals surface area (Å²) >= 11 is 1.80. The molecule has 0 aromatic carbocycles. The van der Waals surface area contributed by atoms with Crippen molar-refractivity contribution in [2.24, 2.45) is 5.92 Å². The van der Waals surface area contributed by atoms with Gasteiger partial charge in [0.1, 0.15) is 0 Å². The van der Waals surface area contributed by atoms with Gasteiger partial charge >= 0.3 is 0 Å². The van der Waals surface area contributed by atoms with E-state index in [1.807, 2.05) is 0 Å². The van der Waals surface area contributed by atoms with Gasteiger partial charge in [0.2, 0.25) is 5.91 Å². The Balaban J connectivity index is 1.85. The first-order valence-electron chi connectivity index (χ1n) is 8.71. The highest BCUT2D eigenvalue weighted by Crippen LogP contribution is 2.15. The molecule has 1 N–H and O–H groups in total. The number of fused-ring (bicyclic) bond motifs is 1. The second-order valence-corrected chi connectivity index (χ2v) is 7.95. The molecule has 0 saturated carbocycles. The molecule has 0 radical (unpaired) electrons. The summed E-state index contributed by atoms with van der Waals surface area (Å²) in [4.78, 5) is 14.3. The average Bonchev–Trinajstić information content (AvgIpc) is 2.77. The first-order valence-corrected chi connectivity index (χ1v) is 9.86. The smallest absolute Gasteiger partial charge is 0.221 e. The maximum Gasteiger partial charge on any atom is 0.221 e. The van der Waals surface area contributed by atoms with Crippen molar-refractivity contribution in [3.8, 4) is 0 Å². The van der Waals surface area contributed by atoms with E-state index in [-0.39, 0.29) is 5.91 Å². The minimum absolute atomic E-state index is 0.121. The SMILES string of the molecule is CCSCCC(=O)NCc1cc2n(n1)CCCN(CC(C)C)C2. The van der Waals surface area contributed by atoms with Gasteiger partial charge in [0.05, 0.1) is 17.9 Å². The van der Waals surface area contributed by atoms with Crippen LogP contribution in [0.25, 0.3) is 0 Å². The quantitative estimate of drug-likeness (QED) is 0.740. The summed E-state index contributed by atoms with van der Waals surface area (Å²) in [6.45, 7) is 11.4. The van der Waals surface area contributed by atoms with Gasteiger partial charge in [-0.25, -0.2) is 0 Å². The van der Waals surface area contributed by atoms with E-state index in [4.69, 9.17) is 0 Å². The Morgan fingerprint density at radius 1 is 1.43 bits per heavy atom. The third-order valence-electron chi connectivity index (χ3n) is 3.91. The predicted molar refractivity (Wildman–Crippen MR) is 96.4 cm³/mol. The molecule has 6 heteroatoms. The molecule has 1 aliphatic heterocycles. The minimum atomic E-state index is 0.121. The second-order valence-electron chi connectivity index (χ2n) is 6.56. The summed E-state index contributed by atoms with van der Waals surface area (Å²) in [5.74, 6) is 2.76. The number of rotatable bonds is 8. The van der Waals surface area contributed by atoms with E-state index in [0.717, 1.165) is 49.8 Å². The zero-order valence-corrected chi connectivity index (χ0v) is 15.5. The third-order valence-corrected chi connectivity index (χ3v) is 4.81. The Morgan fingerprint density at radius 3 is 3.00 bits per heavy atom. The van der Waals surface area contributed by atoms with E-state index in [2.05, 4.69) is 46.8 Å². The second kappa shape index (κ2) is 9.33. The van der Waals surface area contributed by atoms with Crippen LogP contribution in [-0.2, 0) is 24.4 Å². The van der Waals surface area contributed by atoms with Gasteiger partial charge in [0, 0.05) is 38.4 Å². The molecule has 0 spiro atoms. The number of carbonyl (C=O) groups is 1. The molecule has 0 fully saturated rings. The van der Waals surface area contributed by atoms with E-state index in [1.165, 1.54) is 5.69 Å². The monoisotopic (exact) mass is 338 g/mol. The standard InChI is InChI=1S/C17H30N4OS/c1-4-23-9-6-17(22)18-11-15-10-16-13-20(12-14(2)3)7-5-8-21(16)19-15/h10,14H,4-9,11-13H2,1-3H3,(H,18,22). The third kappa shape index (κ3) is 6.18. The number of aryl methyl sites for hydroxylation is 1. The average molecular weight is 339 g/mol. The van der Waals surface area contributed by atoms with Crippen LogP contribution in [0, 0.1) is 5.92 Å². The maximum atomic E-state index is 11.8. The summed E-state index contributed by atoms with van der Waals surface area (Å²) in [5.41, 5.74) is 2.25. The molecule has 1 amide bonds. The summed E-state index contributed by atoms with van der Waals surface area (Å²) in [7, 11) is 0. The van der Waals surface area contributed by atoms with E-state index in [9.17, 15) is 4.79 Å². The fraction of sp³-hybridized carbons (Fsp3) is 0.765. The highest BCUT2D eigenvalue weighted by Gasteiger charge is 2.17. The van der Waals surface area contributed by atoms with E-state index in [1.54, 1.807) is 11.8 Å². The molecule has 5 nitrogen and oxygen atoms in total. The number of nitrogens with one attached hydrogen (secondary N) is 1. The lowest BCUT2D eigenvalue weighted by Gasteiger charge is -2.21. The number of aromatic nitrogens is 2. The van der Waals surface area contributed by atoms with Crippen LogP contribution in [-0.4, -0.2) is 45.2 Å². The molecule has 1 aromatic heterocycles. The van der Waals surface area contributed by atoms with Crippen molar-refractivity contribution in [1.82, 2.24) is 20.0 Å². The number of hydrogen-bond donors (Lipinski definition) is 1. The van der Waals surface area contributed by atoms with Gasteiger partial charge in [0.15, 0.2) is 0 Å². The molecule has 2 rings (SSSR count). The van der Waals surface area contributed by atoms with Gasteiger partial charge in [-0.2, -0.15) is 16.9 Å². The van der Waals surface area contributed by atoms with Crippen LogP contribution in [0.5, 0.6) is 0 Å². The molecule has 0 unspecified atom stereocenters. The van der Waals surface area contributed by atoms with Crippen LogP contribution in [0.3, 0.4) is 0 Å². The Morgan fingerprint density at radius 2 is 2.26 bits per heavy atom. The molecule has 0 atom stereocenters. The first-order chi connectivity index (χ1) is 11.1. The Bertz CT molecular complexity index is 501. The van der Waals surface area contributed by atoms with Crippen molar-refractivity contribution in [3.05, 3.63) is 17.5 Å². The van der Waals surface area contributed by atoms with Gasteiger partial charge < -0.3 is 5.32 Å². The normalized spacial score (nSPS) is 15.5. The number of hydrogen-bond acceptors (Lipinski definition) is 4. The maximum absolute atomic E-state index is 11.8. The van der Waals surface area contributed by atoms with Crippen molar-refractivity contribution in [2.75, 3.05) is 24.6 Å². The lowest BCUT2D eigenvalue weighted by Crippen LogP contribution is -2.27. The molecule has 130 valence electrons. The molecular formula is C17H30N4OS. The zero-order valence-electron chi connectivity index (χ0n) is 14.7. The Hall–Kier alpha value is -1.01. The van der Waals surface area contributed by atoms with E-state index >= 15 is 0 Å². The predicted octanol–water partition coefficient (Wildman–Crippen LogP) is 2.50. The summed E-state index contributed by atoms with van der Waals surface area (Å²) < 4.78 is 2.12. The summed E-state index contributed by atoms with van der Waals surface area (Å²) in [5, 5.41) is 7.65. The van der Waals surface area contributed by atoms with Crippen LogP contribution in [0.4, 0.5) is 0 Å². The first kappa shape index (κ1) is 18.3. The van der Waals surface area contributed by atoms with Crippen molar-refractivity contribution in [2.45, 2.75) is 53.2 Å². The summed E-state index contributed by atoms with van der Waals surface area (Å²) in [6, 6.07) is 2.15. The molecule has 1 aliphatic rings. The van der Waals surface area contributed by atoms with Crippen LogP contribution < -0.4 is 5.32 Å². The highest BCUT2D eigenvalue weighted by atomic mass is 32.2. The fourth-order valence-corrected chi connectivity index (χ4v) is 3.55. The van der Waals surface area contributed by atoms with Gasteiger partial charge in [-0.05, 0) is 24.2 Å². The van der Waals surface area contributed by atoms with E-state index < -0.39 is 0 Å². The molecule has 2 heterocycles. The van der Waals surface area contributed by atoms with Crippen molar-refractivity contribution >= 4 is 17.7 Å².